The first-order valence-electron chi connectivity index (χ1n) is 6.02. The van der Waals surface area contributed by atoms with Gasteiger partial charge in [-0.15, -0.1) is 0 Å². The van der Waals surface area contributed by atoms with Gasteiger partial charge in [0, 0.05) is 17.7 Å². The molecule has 0 unspecified atom stereocenters. The average Bonchev–Trinajstić information content (AvgIpc) is 2.64. The third-order valence-electron chi connectivity index (χ3n) is 3.00. The van der Waals surface area contributed by atoms with Gasteiger partial charge in [0.05, 0.1) is 6.42 Å². The fourth-order valence-electron chi connectivity index (χ4n) is 1.97. The first-order valence-corrected chi connectivity index (χ1v) is 6.02. The third kappa shape index (κ3) is 2.73. The van der Waals surface area contributed by atoms with Gasteiger partial charge in [0.25, 0.3) is 0 Å². The van der Waals surface area contributed by atoms with Crippen molar-refractivity contribution >= 4 is 17.4 Å². The Balaban J connectivity index is 2.10. The van der Waals surface area contributed by atoms with E-state index in [4.69, 9.17) is 0 Å². The molecule has 1 aromatic carbocycles. The van der Waals surface area contributed by atoms with Crippen LogP contribution in [-0.2, 0) is 11.2 Å². The van der Waals surface area contributed by atoms with E-state index in [1.807, 2.05) is 12.1 Å². The molecule has 2 rings (SSSR count). The minimum absolute atomic E-state index is 0.00628. The van der Waals surface area contributed by atoms with Crippen molar-refractivity contribution in [3.05, 3.63) is 29.3 Å². The Morgan fingerprint density at radius 1 is 1.41 bits per heavy atom. The number of amides is 1. The van der Waals surface area contributed by atoms with Crippen molar-refractivity contribution in [2.75, 3.05) is 5.32 Å². The topological polar surface area (TPSA) is 46.2 Å². The van der Waals surface area contributed by atoms with Crippen LogP contribution in [0.2, 0.25) is 0 Å². The molecule has 3 heteroatoms. The van der Waals surface area contributed by atoms with Gasteiger partial charge in [-0.1, -0.05) is 13.8 Å². The molecule has 0 radical (unpaired) electrons. The third-order valence-corrected chi connectivity index (χ3v) is 3.00. The van der Waals surface area contributed by atoms with E-state index in [0.29, 0.717) is 18.8 Å². The van der Waals surface area contributed by atoms with Gasteiger partial charge in [-0.05, 0) is 36.1 Å². The molecule has 0 aromatic heterocycles. The summed E-state index contributed by atoms with van der Waals surface area (Å²) in [7, 11) is 0. The lowest BCUT2D eigenvalue weighted by molar-refractivity contribution is -0.115. The van der Waals surface area contributed by atoms with Gasteiger partial charge in [-0.25, -0.2) is 0 Å². The Morgan fingerprint density at radius 3 is 2.88 bits per heavy atom. The van der Waals surface area contributed by atoms with Crippen molar-refractivity contribution < 1.29 is 9.59 Å². The summed E-state index contributed by atoms with van der Waals surface area (Å²) >= 11 is 0. The molecule has 0 spiro atoms. The molecule has 1 aromatic rings. The maximum absolute atomic E-state index is 11.9. The van der Waals surface area contributed by atoms with Gasteiger partial charge in [0.1, 0.15) is 0 Å². The highest BCUT2D eigenvalue weighted by atomic mass is 16.1. The van der Waals surface area contributed by atoms with Crippen molar-refractivity contribution in [1.29, 1.82) is 0 Å². The van der Waals surface area contributed by atoms with Gasteiger partial charge in [0.2, 0.25) is 5.91 Å². The first kappa shape index (κ1) is 11.8. The van der Waals surface area contributed by atoms with Gasteiger partial charge >= 0.3 is 0 Å². The molecular formula is C14H17NO2. The zero-order valence-electron chi connectivity index (χ0n) is 10.2. The summed E-state index contributed by atoms with van der Waals surface area (Å²) in [4.78, 5) is 23.1. The van der Waals surface area contributed by atoms with Crippen molar-refractivity contribution in [2.45, 2.75) is 33.1 Å². The Hall–Kier alpha value is -1.64. The van der Waals surface area contributed by atoms with E-state index in [9.17, 15) is 9.59 Å². The highest BCUT2D eigenvalue weighted by molar-refractivity contribution is 6.02. The summed E-state index contributed by atoms with van der Waals surface area (Å²) in [5.74, 6) is 0.712. The fourth-order valence-corrected chi connectivity index (χ4v) is 1.97. The minimum atomic E-state index is 0.00628. The molecular weight excluding hydrogens is 214 g/mol. The van der Waals surface area contributed by atoms with Crippen LogP contribution in [0.1, 0.15) is 42.6 Å². The number of carbonyl (C=O) groups excluding carboxylic acids is 2. The number of ketones is 1. The fraction of sp³-hybridized carbons (Fsp3) is 0.429. The van der Waals surface area contributed by atoms with Crippen molar-refractivity contribution in [1.82, 2.24) is 0 Å². The number of benzene rings is 1. The number of carbonyl (C=O) groups is 2. The number of hydrogen-bond donors (Lipinski definition) is 1. The standard InChI is InChI=1S/C14H17NO2/c1-9(2)3-6-13(16)10-4-5-12-11(7-10)8-14(17)15-12/h4-5,7,9H,3,6,8H2,1-2H3,(H,15,17). The lowest BCUT2D eigenvalue weighted by Crippen LogP contribution is -2.03. The number of Topliss-reactive ketones (excluding diaryl/α,β-unsaturated/α-hetero) is 1. The summed E-state index contributed by atoms with van der Waals surface area (Å²) in [6.45, 7) is 4.22. The zero-order valence-corrected chi connectivity index (χ0v) is 10.2. The predicted molar refractivity (Wildman–Crippen MR) is 67.2 cm³/mol. The Morgan fingerprint density at radius 2 is 2.18 bits per heavy atom. The monoisotopic (exact) mass is 231 g/mol. The molecule has 17 heavy (non-hydrogen) atoms. The maximum Gasteiger partial charge on any atom is 0.228 e. The van der Waals surface area contributed by atoms with E-state index in [2.05, 4.69) is 19.2 Å². The van der Waals surface area contributed by atoms with Crippen LogP contribution in [0, 0.1) is 5.92 Å². The van der Waals surface area contributed by atoms with E-state index in [-0.39, 0.29) is 11.7 Å². The normalized spacial score (nSPS) is 13.7. The Kier molecular flexibility index (Phi) is 3.27. The maximum atomic E-state index is 11.9. The Labute approximate surface area is 101 Å². The quantitative estimate of drug-likeness (QED) is 0.810. The van der Waals surface area contributed by atoms with Crippen LogP contribution in [0.25, 0.3) is 0 Å². The van der Waals surface area contributed by atoms with Crippen LogP contribution in [0.5, 0.6) is 0 Å². The van der Waals surface area contributed by atoms with Gasteiger partial charge in [0.15, 0.2) is 5.78 Å². The lowest BCUT2D eigenvalue weighted by Gasteiger charge is -2.05. The van der Waals surface area contributed by atoms with E-state index < -0.39 is 0 Å². The van der Waals surface area contributed by atoms with E-state index in [1.54, 1.807) is 6.07 Å². The van der Waals surface area contributed by atoms with Crippen molar-refractivity contribution in [3.8, 4) is 0 Å². The second-order valence-corrected chi connectivity index (χ2v) is 4.95. The minimum Gasteiger partial charge on any atom is -0.326 e. The second-order valence-electron chi connectivity index (χ2n) is 4.95. The van der Waals surface area contributed by atoms with Crippen LogP contribution in [0.3, 0.4) is 0 Å². The number of nitrogens with one attached hydrogen (secondary N) is 1. The molecule has 0 atom stereocenters. The highest BCUT2D eigenvalue weighted by Gasteiger charge is 2.18. The first-order chi connectivity index (χ1) is 8.06. The molecule has 1 heterocycles. The smallest absolute Gasteiger partial charge is 0.228 e. The zero-order chi connectivity index (χ0) is 12.4. The predicted octanol–water partition coefficient (Wildman–Crippen LogP) is 2.80. The van der Waals surface area contributed by atoms with Gasteiger partial charge in [-0.3, -0.25) is 9.59 Å². The average molecular weight is 231 g/mol. The summed E-state index contributed by atoms with van der Waals surface area (Å²) in [5, 5.41) is 2.76. The molecule has 1 aliphatic heterocycles. The molecule has 3 nitrogen and oxygen atoms in total. The number of hydrogen-bond acceptors (Lipinski definition) is 2. The van der Waals surface area contributed by atoms with Crippen LogP contribution >= 0.6 is 0 Å². The highest BCUT2D eigenvalue weighted by Crippen LogP contribution is 2.24. The molecule has 1 amide bonds. The van der Waals surface area contributed by atoms with Crippen molar-refractivity contribution in [2.24, 2.45) is 5.92 Å². The summed E-state index contributed by atoms with van der Waals surface area (Å²) in [6, 6.07) is 5.46. The SMILES string of the molecule is CC(C)CCC(=O)c1ccc2c(c1)CC(=O)N2. The molecule has 0 aliphatic carbocycles. The van der Waals surface area contributed by atoms with Gasteiger partial charge < -0.3 is 5.32 Å². The molecule has 0 saturated heterocycles. The van der Waals surface area contributed by atoms with Crippen molar-refractivity contribution in [3.63, 3.8) is 0 Å². The summed E-state index contributed by atoms with van der Waals surface area (Å²) < 4.78 is 0. The number of anilines is 1. The van der Waals surface area contributed by atoms with E-state index in [1.165, 1.54) is 0 Å². The van der Waals surface area contributed by atoms with Crippen LogP contribution in [0.15, 0.2) is 18.2 Å². The molecule has 0 fully saturated rings. The van der Waals surface area contributed by atoms with Crippen LogP contribution < -0.4 is 5.32 Å². The lowest BCUT2D eigenvalue weighted by atomic mass is 9.99. The van der Waals surface area contributed by atoms with Crippen LogP contribution in [-0.4, -0.2) is 11.7 Å². The Bertz CT molecular complexity index is 463. The summed E-state index contributed by atoms with van der Waals surface area (Å²) in [6.07, 6.45) is 1.88. The molecule has 0 saturated carbocycles. The summed E-state index contributed by atoms with van der Waals surface area (Å²) in [5.41, 5.74) is 2.50. The molecule has 1 aliphatic rings. The van der Waals surface area contributed by atoms with Gasteiger partial charge in [-0.2, -0.15) is 0 Å². The van der Waals surface area contributed by atoms with E-state index >= 15 is 0 Å². The second kappa shape index (κ2) is 4.70. The largest absolute Gasteiger partial charge is 0.326 e. The van der Waals surface area contributed by atoms with E-state index in [0.717, 1.165) is 23.2 Å². The number of fused-ring (bicyclic) bond motifs is 1. The number of rotatable bonds is 4. The van der Waals surface area contributed by atoms with Crippen LogP contribution in [0.4, 0.5) is 5.69 Å². The molecule has 1 N–H and O–H groups in total. The molecule has 0 bridgehead atoms. The molecule has 90 valence electrons.